The molecule has 1 N–H and O–H groups in total. The minimum atomic E-state index is -0.0798. The van der Waals surface area contributed by atoms with Gasteiger partial charge in [0.25, 0.3) is 0 Å². The second kappa shape index (κ2) is 5.84. The lowest BCUT2D eigenvalue weighted by atomic mass is 10.3. The second-order valence-electron chi connectivity index (χ2n) is 3.61. The van der Waals surface area contributed by atoms with Crippen LogP contribution >= 0.6 is 23.1 Å². The first kappa shape index (κ1) is 12.9. The summed E-state index contributed by atoms with van der Waals surface area (Å²) in [4.78, 5) is 24.3. The minimum absolute atomic E-state index is 0.0798. The van der Waals surface area contributed by atoms with E-state index in [2.05, 4.69) is 5.32 Å². The van der Waals surface area contributed by atoms with Crippen molar-refractivity contribution in [3.63, 3.8) is 0 Å². The molecule has 0 fully saturated rings. The van der Waals surface area contributed by atoms with Crippen LogP contribution in [0.2, 0.25) is 0 Å². The van der Waals surface area contributed by atoms with Gasteiger partial charge < -0.3 is 5.32 Å². The number of anilines is 1. The van der Waals surface area contributed by atoms with Crippen molar-refractivity contribution in [2.24, 2.45) is 0 Å². The van der Waals surface area contributed by atoms with Crippen molar-refractivity contribution in [1.29, 1.82) is 0 Å². The molecule has 5 heteroatoms. The fourth-order valence-corrected chi connectivity index (χ4v) is 3.11. The predicted molar refractivity (Wildman–Crippen MR) is 74.6 cm³/mol. The number of benzene rings is 1. The van der Waals surface area contributed by atoms with Crippen LogP contribution in [0.15, 0.2) is 45.5 Å². The van der Waals surface area contributed by atoms with E-state index in [1.54, 1.807) is 11.8 Å². The van der Waals surface area contributed by atoms with Crippen LogP contribution in [-0.4, -0.2) is 12.2 Å². The Labute approximate surface area is 113 Å². The highest BCUT2D eigenvalue weighted by Gasteiger charge is 2.02. The highest BCUT2D eigenvalue weighted by Crippen LogP contribution is 2.31. The molecular formula is C13H11NO2S2. The topological polar surface area (TPSA) is 46.2 Å². The second-order valence-corrected chi connectivity index (χ2v) is 5.70. The van der Waals surface area contributed by atoms with Crippen LogP contribution in [0.5, 0.6) is 0 Å². The maximum Gasteiger partial charge on any atom is 0.221 e. The maximum atomic E-state index is 10.9. The van der Waals surface area contributed by atoms with Crippen LogP contribution in [0.3, 0.4) is 0 Å². The number of nitrogens with one attached hydrogen (secondary N) is 1. The van der Waals surface area contributed by atoms with Gasteiger partial charge >= 0.3 is 0 Å². The van der Waals surface area contributed by atoms with Gasteiger partial charge in [-0.2, -0.15) is 0 Å². The van der Waals surface area contributed by atoms with Crippen molar-refractivity contribution < 1.29 is 9.59 Å². The smallest absolute Gasteiger partial charge is 0.221 e. The summed E-state index contributed by atoms with van der Waals surface area (Å²) < 4.78 is 0. The van der Waals surface area contributed by atoms with E-state index in [9.17, 15) is 9.59 Å². The minimum Gasteiger partial charge on any atom is -0.326 e. The van der Waals surface area contributed by atoms with Crippen LogP contribution in [0.1, 0.15) is 16.6 Å². The van der Waals surface area contributed by atoms with Gasteiger partial charge in [-0.1, -0.05) is 11.8 Å². The lowest BCUT2D eigenvalue weighted by molar-refractivity contribution is -0.114. The fourth-order valence-electron chi connectivity index (χ4n) is 1.40. The number of carbonyl (C=O) groups excluding carboxylic acids is 2. The lowest BCUT2D eigenvalue weighted by Crippen LogP contribution is -2.05. The van der Waals surface area contributed by atoms with Gasteiger partial charge in [-0.05, 0) is 30.3 Å². The summed E-state index contributed by atoms with van der Waals surface area (Å²) in [6, 6.07) is 9.46. The highest BCUT2D eigenvalue weighted by molar-refractivity contribution is 7.99. The number of rotatable bonds is 4. The summed E-state index contributed by atoms with van der Waals surface area (Å²) in [5.74, 6) is -0.0798. The molecular weight excluding hydrogens is 266 g/mol. The van der Waals surface area contributed by atoms with Gasteiger partial charge in [0.2, 0.25) is 5.91 Å². The molecule has 0 spiro atoms. The Morgan fingerprint density at radius 2 is 2.00 bits per heavy atom. The Balaban J connectivity index is 2.05. The molecule has 0 saturated carbocycles. The zero-order chi connectivity index (χ0) is 13.0. The van der Waals surface area contributed by atoms with Gasteiger partial charge in [0.05, 0.1) is 4.88 Å². The van der Waals surface area contributed by atoms with Crippen LogP contribution in [-0.2, 0) is 4.79 Å². The molecule has 0 unspecified atom stereocenters. The average Bonchev–Trinajstić information content (AvgIpc) is 2.79. The molecule has 1 aromatic heterocycles. The molecule has 0 aliphatic heterocycles. The van der Waals surface area contributed by atoms with Crippen molar-refractivity contribution in [2.45, 2.75) is 16.7 Å². The van der Waals surface area contributed by atoms with Crippen LogP contribution < -0.4 is 5.32 Å². The molecule has 92 valence electrons. The first-order chi connectivity index (χ1) is 8.67. The molecule has 1 amide bonds. The zero-order valence-corrected chi connectivity index (χ0v) is 11.3. The van der Waals surface area contributed by atoms with E-state index in [0.29, 0.717) is 0 Å². The van der Waals surface area contributed by atoms with Crippen LogP contribution in [0, 0.1) is 0 Å². The van der Waals surface area contributed by atoms with Crippen LogP contribution in [0.4, 0.5) is 5.69 Å². The molecule has 1 heterocycles. The summed E-state index contributed by atoms with van der Waals surface area (Å²) in [5.41, 5.74) is 0.783. The summed E-state index contributed by atoms with van der Waals surface area (Å²) in [5, 5.41) is 4.67. The summed E-state index contributed by atoms with van der Waals surface area (Å²) >= 11 is 3.02. The number of hydrogen-bond acceptors (Lipinski definition) is 4. The van der Waals surface area contributed by atoms with Gasteiger partial charge in [-0.3, -0.25) is 9.59 Å². The van der Waals surface area contributed by atoms with E-state index in [0.717, 1.165) is 26.6 Å². The molecule has 18 heavy (non-hydrogen) atoms. The van der Waals surface area contributed by atoms with Crippen molar-refractivity contribution in [1.82, 2.24) is 0 Å². The molecule has 2 aromatic rings. The third-order valence-corrected chi connectivity index (χ3v) is 4.11. The van der Waals surface area contributed by atoms with E-state index < -0.39 is 0 Å². The quantitative estimate of drug-likeness (QED) is 0.867. The molecule has 0 bridgehead atoms. The molecule has 3 nitrogen and oxygen atoms in total. The first-order valence-corrected chi connectivity index (χ1v) is 6.96. The molecule has 1 aromatic carbocycles. The molecule has 0 aliphatic rings. The Morgan fingerprint density at radius 3 is 2.56 bits per heavy atom. The van der Waals surface area contributed by atoms with Crippen LogP contribution in [0.25, 0.3) is 0 Å². The van der Waals surface area contributed by atoms with E-state index in [-0.39, 0.29) is 5.91 Å². The van der Waals surface area contributed by atoms with Crippen molar-refractivity contribution in [3.8, 4) is 0 Å². The Kier molecular flexibility index (Phi) is 4.17. The molecule has 0 saturated heterocycles. The van der Waals surface area contributed by atoms with E-state index in [1.165, 1.54) is 18.3 Å². The van der Waals surface area contributed by atoms with Crippen molar-refractivity contribution in [2.75, 3.05) is 5.32 Å². The van der Waals surface area contributed by atoms with Crippen molar-refractivity contribution in [3.05, 3.63) is 40.6 Å². The molecule has 0 aliphatic carbocycles. The van der Waals surface area contributed by atoms with E-state index >= 15 is 0 Å². The Hall–Kier alpha value is -1.59. The molecule has 0 radical (unpaired) electrons. The number of aldehydes is 1. The average molecular weight is 277 g/mol. The van der Waals surface area contributed by atoms with Gasteiger partial charge in [0.1, 0.15) is 0 Å². The molecule has 0 atom stereocenters. The number of amides is 1. The zero-order valence-electron chi connectivity index (χ0n) is 9.67. The monoisotopic (exact) mass is 277 g/mol. The third-order valence-electron chi connectivity index (χ3n) is 2.12. The summed E-state index contributed by atoms with van der Waals surface area (Å²) in [7, 11) is 0. The van der Waals surface area contributed by atoms with Crippen molar-refractivity contribution >= 4 is 41.0 Å². The van der Waals surface area contributed by atoms with Gasteiger partial charge in [-0.25, -0.2) is 0 Å². The number of carbonyl (C=O) groups is 2. The third kappa shape index (κ3) is 3.45. The number of thiophene rings is 1. The number of hydrogen-bond donors (Lipinski definition) is 1. The van der Waals surface area contributed by atoms with Gasteiger partial charge in [0.15, 0.2) is 6.29 Å². The van der Waals surface area contributed by atoms with Gasteiger partial charge in [0, 0.05) is 27.8 Å². The lowest BCUT2D eigenvalue weighted by Gasteiger charge is -2.03. The fraction of sp³-hybridized carbons (Fsp3) is 0.0769. The summed E-state index contributed by atoms with van der Waals surface area (Å²) in [6.07, 6.45) is 0.856. The largest absolute Gasteiger partial charge is 0.326 e. The highest BCUT2D eigenvalue weighted by atomic mass is 32.2. The molecule has 2 rings (SSSR count). The Bertz CT molecular complexity index is 561. The maximum absolute atomic E-state index is 10.9. The Morgan fingerprint density at radius 1 is 1.28 bits per heavy atom. The predicted octanol–water partition coefficient (Wildman–Crippen LogP) is 3.67. The standard InChI is InChI=1S/C13H11NO2S2/c1-9(16)14-10-2-4-11(5-3-10)18-13-6-12(7-15)17-8-13/h2-8H,1H3,(H,14,16). The summed E-state index contributed by atoms with van der Waals surface area (Å²) in [6.45, 7) is 1.48. The normalized spacial score (nSPS) is 10.1. The van der Waals surface area contributed by atoms with E-state index in [4.69, 9.17) is 0 Å². The van der Waals surface area contributed by atoms with E-state index in [1.807, 2.05) is 35.7 Å². The SMILES string of the molecule is CC(=O)Nc1ccc(Sc2csc(C=O)c2)cc1. The first-order valence-electron chi connectivity index (χ1n) is 5.26. The van der Waals surface area contributed by atoms with Gasteiger partial charge in [-0.15, -0.1) is 11.3 Å².